The molecule has 0 aromatic heterocycles. The topological polar surface area (TPSA) is 44.5 Å². The van der Waals surface area contributed by atoms with Crippen LogP contribution in [0.15, 0.2) is 10.5 Å². The number of nitrogens with two attached hydrogens (primary N) is 1. The Hall–Kier alpha value is -0.810. The number of halogens is 2. The first-order chi connectivity index (χ1) is 8.15. The number of rotatable bonds is 6. The van der Waals surface area contributed by atoms with Gasteiger partial charge in [0.25, 0.3) is 0 Å². The molecule has 1 rings (SSSR count). The smallest absolute Gasteiger partial charge is 0.197 e. The minimum absolute atomic E-state index is 0.151. The lowest BCUT2D eigenvalue weighted by atomic mass is 10.1. The van der Waals surface area contributed by atoms with Crippen molar-refractivity contribution in [3.05, 3.63) is 21.9 Å². The Morgan fingerprint density at radius 3 is 2.41 bits per heavy atom. The van der Waals surface area contributed by atoms with Gasteiger partial charge in [0.05, 0.1) is 14.2 Å². The van der Waals surface area contributed by atoms with Crippen molar-refractivity contribution in [1.29, 1.82) is 0 Å². The summed E-state index contributed by atoms with van der Waals surface area (Å²) in [7, 11) is 2.94. The zero-order chi connectivity index (χ0) is 12.8. The van der Waals surface area contributed by atoms with Crippen LogP contribution in [0.3, 0.4) is 0 Å². The van der Waals surface area contributed by atoms with Crippen LogP contribution in [0.1, 0.15) is 18.4 Å². The van der Waals surface area contributed by atoms with Gasteiger partial charge in [-0.2, -0.15) is 0 Å². The summed E-state index contributed by atoms with van der Waals surface area (Å²) in [5.41, 5.74) is 6.37. The molecule has 96 valence electrons. The molecule has 0 aliphatic carbocycles. The first-order valence-corrected chi connectivity index (χ1v) is 6.23. The van der Waals surface area contributed by atoms with Gasteiger partial charge in [0.1, 0.15) is 0 Å². The summed E-state index contributed by atoms with van der Waals surface area (Å²) in [6.07, 6.45) is 2.63. The van der Waals surface area contributed by atoms with Gasteiger partial charge in [-0.15, -0.1) is 0 Å². The Balaban J connectivity index is 3.08. The third kappa shape index (κ3) is 3.33. The van der Waals surface area contributed by atoms with Crippen LogP contribution in [-0.2, 0) is 6.42 Å². The van der Waals surface area contributed by atoms with Crippen molar-refractivity contribution in [3.63, 3.8) is 0 Å². The van der Waals surface area contributed by atoms with Crippen molar-refractivity contribution in [3.8, 4) is 11.5 Å². The Labute approximate surface area is 109 Å². The molecule has 0 unspecified atom stereocenters. The lowest BCUT2D eigenvalue weighted by Crippen LogP contribution is -2.02. The van der Waals surface area contributed by atoms with Gasteiger partial charge < -0.3 is 15.2 Å². The Morgan fingerprint density at radius 1 is 1.24 bits per heavy atom. The van der Waals surface area contributed by atoms with Crippen LogP contribution in [0.25, 0.3) is 0 Å². The molecule has 0 atom stereocenters. The molecule has 1 aromatic rings. The molecule has 0 saturated heterocycles. The minimum atomic E-state index is -0.432. The molecule has 0 fully saturated rings. The highest BCUT2D eigenvalue weighted by Gasteiger charge is 2.18. The fourth-order valence-electron chi connectivity index (χ4n) is 1.70. The second-order valence-corrected chi connectivity index (χ2v) is 4.49. The summed E-state index contributed by atoms with van der Waals surface area (Å²) in [5.74, 6) is 0.175. The molecule has 0 aliphatic heterocycles. The maximum Gasteiger partial charge on any atom is 0.197 e. The molecule has 0 saturated carbocycles. The molecule has 1 aromatic carbocycles. The fourth-order valence-corrected chi connectivity index (χ4v) is 2.28. The van der Waals surface area contributed by atoms with Crippen LogP contribution < -0.4 is 15.2 Å². The molecule has 17 heavy (non-hydrogen) atoms. The van der Waals surface area contributed by atoms with Crippen LogP contribution in [-0.4, -0.2) is 20.8 Å². The molecular weight excluding hydrogens is 289 g/mol. The predicted molar refractivity (Wildman–Crippen MR) is 69.2 cm³/mol. The number of hydrogen-bond donors (Lipinski definition) is 1. The molecule has 3 nitrogen and oxygen atoms in total. The molecule has 0 heterocycles. The third-order valence-electron chi connectivity index (χ3n) is 2.53. The van der Waals surface area contributed by atoms with E-state index in [1.54, 1.807) is 0 Å². The SMILES string of the molecule is COc1c(F)cc(Br)c(CCCCN)c1OC. The maximum absolute atomic E-state index is 13.6. The van der Waals surface area contributed by atoms with Crippen molar-refractivity contribution >= 4 is 15.9 Å². The molecule has 0 aliphatic rings. The highest BCUT2D eigenvalue weighted by atomic mass is 79.9. The maximum atomic E-state index is 13.6. The van der Waals surface area contributed by atoms with Crippen LogP contribution in [0.5, 0.6) is 11.5 Å². The van der Waals surface area contributed by atoms with Gasteiger partial charge in [-0.25, -0.2) is 4.39 Å². The standard InChI is InChI=1S/C12H17BrFNO2/c1-16-11-8(5-3-4-6-15)9(13)7-10(14)12(11)17-2/h7H,3-6,15H2,1-2H3. The molecule has 0 radical (unpaired) electrons. The van der Waals surface area contributed by atoms with E-state index >= 15 is 0 Å². The van der Waals surface area contributed by atoms with E-state index in [-0.39, 0.29) is 5.75 Å². The van der Waals surface area contributed by atoms with E-state index < -0.39 is 5.82 Å². The monoisotopic (exact) mass is 305 g/mol. The fraction of sp³-hybridized carbons (Fsp3) is 0.500. The number of benzene rings is 1. The van der Waals surface area contributed by atoms with Crippen LogP contribution in [0, 0.1) is 5.82 Å². The Bertz CT molecular complexity index is 385. The van der Waals surface area contributed by atoms with Crippen molar-refractivity contribution in [2.24, 2.45) is 5.73 Å². The van der Waals surface area contributed by atoms with Crippen LogP contribution in [0.2, 0.25) is 0 Å². The zero-order valence-electron chi connectivity index (χ0n) is 10.1. The summed E-state index contributed by atoms with van der Waals surface area (Å²) in [6.45, 7) is 0.651. The first-order valence-electron chi connectivity index (χ1n) is 5.44. The highest BCUT2D eigenvalue weighted by molar-refractivity contribution is 9.10. The lowest BCUT2D eigenvalue weighted by molar-refractivity contribution is 0.334. The van der Waals surface area contributed by atoms with Crippen LogP contribution in [0.4, 0.5) is 4.39 Å². The second kappa shape index (κ2) is 6.81. The van der Waals surface area contributed by atoms with Gasteiger partial charge in [-0.1, -0.05) is 15.9 Å². The number of ether oxygens (including phenoxy) is 2. The summed E-state index contributed by atoms with van der Waals surface area (Å²) < 4.78 is 24.6. The zero-order valence-corrected chi connectivity index (χ0v) is 11.6. The quantitative estimate of drug-likeness (QED) is 0.822. The molecule has 0 bridgehead atoms. The highest BCUT2D eigenvalue weighted by Crippen LogP contribution is 2.39. The molecule has 0 spiro atoms. The van der Waals surface area contributed by atoms with Crippen molar-refractivity contribution < 1.29 is 13.9 Å². The lowest BCUT2D eigenvalue weighted by Gasteiger charge is -2.15. The third-order valence-corrected chi connectivity index (χ3v) is 3.24. The largest absolute Gasteiger partial charge is 0.492 e. The summed E-state index contributed by atoms with van der Waals surface area (Å²) in [4.78, 5) is 0. The predicted octanol–water partition coefficient (Wildman–Crippen LogP) is 2.89. The van der Waals surface area contributed by atoms with E-state index in [2.05, 4.69) is 15.9 Å². The number of methoxy groups -OCH3 is 2. The van der Waals surface area contributed by atoms with E-state index in [9.17, 15) is 4.39 Å². The minimum Gasteiger partial charge on any atom is -0.492 e. The van der Waals surface area contributed by atoms with E-state index in [1.807, 2.05) is 0 Å². The van der Waals surface area contributed by atoms with E-state index in [0.717, 1.165) is 24.8 Å². The Morgan fingerprint density at radius 2 is 1.88 bits per heavy atom. The van der Waals surface area contributed by atoms with Gasteiger partial charge in [0.15, 0.2) is 17.3 Å². The molecule has 5 heteroatoms. The number of unbranched alkanes of at least 4 members (excludes halogenated alkanes) is 1. The first kappa shape index (κ1) is 14.3. The van der Waals surface area contributed by atoms with Crippen LogP contribution >= 0.6 is 15.9 Å². The van der Waals surface area contributed by atoms with Crippen molar-refractivity contribution in [1.82, 2.24) is 0 Å². The second-order valence-electron chi connectivity index (χ2n) is 3.63. The van der Waals surface area contributed by atoms with E-state index in [0.29, 0.717) is 16.8 Å². The van der Waals surface area contributed by atoms with Crippen molar-refractivity contribution in [2.45, 2.75) is 19.3 Å². The van der Waals surface area contributed by atoms with E-state index in [4.69, 9.17) is 15.2 Å². The molecule has 2 N–H and O–H groups in total. The molecular formula is C12H17BrFNO2. The molecule has 0 amide bonds. The summed E-state index contributed by atoms with van der Waals surface area (Å²) >= 11 is 3.35. The van der Waals surface area contributed by atoms with Gasteiger partial charge in [0.2, 0.25) is 0 Å². The van der Waals surface area contributed by atoms with Gasteiger partial charge >= 0.3 is 0 Å². The number of hydrogen-bond acceptors (Lipinski definition) is 3. The van der Waals surface area contributed by atoms with Gasteiger partial charge in [0, 0.05) is 10.0 Å². The average molecular weight is 306 g/mol. The van der Waals surface area contributed by atoms with Crippen molar-refractivity contribution in [2.75, 3.05) is 20.8 Å². The summed E-state index contributed by atoms with van der Waals surface area (Å²) in [6, 6.07) is 1.40. The normalized spacial score (nSPS) is 10.4. The van der Waals surface area contributed by atoms with Gasteiger partial charge in [-0.3, -0.25) is 0 Å². The Kier molecular flexibility index (Phi) is 5.71. The summed E-state index contributed by atoms with van der Waals surface area (Å²) in [5, 5.41) is 0. The van der Waals surface area contributed by atoms with Gasteiger partial charge in [-0.05, 0) is 31.9 Å². The van der Waals surface area contributed by atoms with E-state index in [1.165, 1.54) is 20.3 Å². The average Bonchev–Trinajstić information content (AvgIpc) is 2.31.